The van der Waals surface area contributed by atoms with Gasteiger partial charge in [0.25, 0.3) is 0 Å². The van der Waals surface area contributed by atoms with Crippen molar-refractivity contribution in [2.45, 2.75) is 32.2 Å². The van der Waals surface area contributed by atoms with Gasteiger partial charge in [-0.15, -0.1) is 36.8 Å². The third kappa shape index (κ3) is 3.34. The molecule has 0 radical (unpaired) electrons. The van der Waals surface area contributed by atoms with Gasteiger partial charge in [-0.25, -0.2) is 0 Å². The lowest BCUT2D eigenvalue weighted by Crippen LogP contribution is -2.33. The van der Waals surface area contributed by atoms with Crippen molar-refractivity contribution in [2.75, 3.05) is 32.1 Å². The van der Waals surface area contributed by atoms with Gasteiger partial charge in [0.15, 0.2) is 11.5 Å². The molecule has 0 unspecified atom stereocenters. The van der Waals surface area contributed by atoms with Gasteiger partial charge in [-0.1, -0.05) is 0 Å². The molecular formula is C16H22N8S. The summed E-state index contributed by atoms with van der Waals surface area (Å²) in [7, 11) is 3.98. The molecule has 1 aliphatic rings. The zero-order valence-electron chi connectivity index (χ0n) is 14.8. The summed E-state index contributed by atoms with van der Waals surface area (Å²) >= 11 is 1.68. The van der Waals surface area contributed by atoms with E-state index in [1.165, 1.54) is 0 Å². The Bertz CT molecular complexity index is 862. The van der Waals surface area contributed by atoms with Gasteiger partial charge in [0, 0.05) is 20.0 Å². The third-order valence-electron chi connectivity index (χ3n) is 4.61. The fourth-order valence-electron chi connectivity index (χ4n) is 3.23. The van der Waals surface area contributed by atoms with Crippen molar-refractivity contribution in [3.8, 4) is 0 Å². The number of aryl methyl sites for hydroxylation is 1. The van der Waals surface area contributed by atoms with Crippen LogP contribution in [0.5, 0.6) is 0 Å². The minimum atomic E-state index is 0.396. The van der Waals surface area contributed by atoms with Crippen LogP contribution in [0.25, 0.3) is 5.65 Å². The highest BCUT2D eigenvalue weighted by Crippen LogP contribution is 2.28. The number of rotatable bonds is 4. The lowest BCUT2D eigenvalue weighted by atomic mass is 9.96. The molecule has 0 spiro atoms. The van der Waals surface area contributed by atoms with Crippen LogP contribution in [-0.4, -0.2) is 62.1 Å². The van der Waals surface area contributed by atoms with Gasteiger partial charge < -0.3 is 4.90 Å². The minimum absolute atomic E-state index is 0.396. The van der Waals surface area contributed by atoms with E-state index >= 15 is 0 Å². The quantitative estimate of drug-likeness (QED) is 0.703. The van der Waals surface area contributed by atoms with E-state index in [2.05, 4.69) is 30.4 Å². The van der Waals surface area contributed by atoms with Crippen LogP contribution in [0.15, 0.2) is 12.1 Å². The summed E-state index contributed by atoms with van der Waals surface area (Å²) in [6.45, 7) is 4.96. The van der Waals surface area contributed by atoms with Crippen LogP contribution in [-0.2, 0) is 6.54 Å². The molecule has 0 aromatic carbocycles. The fourth-order valence-corrected chi connectivity index (χ4v) is 3.98. The molecule has 1 aliphatic heterocycles. The van der Waals surface area contributed by atoms with Gasteiger partial charge >= 0.3 is 0 Å². The Balaban J connectivity index is 1.47. The largest absolute Gasteiger partial charge is 0.361 e. The Morgan fingerprint density at radius 2 is 1.92 bits per heavy atom. The van der Waals surface area contributed by atoms with Gasteiger partial charge in [-0.05, 0) is 45.0 Å². The van der Waals surface area contributed by atoms with E-state index in [-0.39, 0.29) is 0 Å². The second-order valence-electron chi connectivity index (χ2n) is 6.68. The van der Waals surface area contributed by atoms with E-state index in [1.807, 2.05) is 42.6 Å². The van der Waals surface area contributed by atoms with Crippen LogP contribution in [0.1, 0.15) is 34.6 Å². The van der Waals surface area contributed by atoms with Crippen LogP contribution in [0, 0.1) is 6.92 Å². The molecule has 1 fully saturated rings. The number of likely N-dealkylation sites (tertiary alicyclic amines) is 1. The second-order valence-corrected chi connectivity index (χ2v) is 7.95. The first-order valence-electron chi connectivity index (χ1n) is 8.51. The van der Waals surface area contributed by atoms with Gasteiger partial charge in [0.2, 0.25) is 0 Å². The monoisotopic (exact) mass is 358 g/mol. The predicted molar refractivity (Wildman–Crippen MR) is 97.0 cm³/mol. The number of hydrogen-bond donors (Lipinski definition) is 0. The van der Waals surface area contributed by atoms with E-state index in [0.29, 0.717) is 5.92 Å². The van der Waals surface area contributed by atoms with Crippen LogP contribution in [0.4, 0.5) is 5.82 Å². The standard InChI is InChI=1S/C16H22N8S/c1-11-17-19-15(25-11)10-23-8-6-12(7-9-23)16-20-18-13-4-5-14(22(2)3)21-24(13)16/h4-5,12H,6-10H2,1-3H3. The maximum atomic E-state index is 4.69. The minimum Gasteiger partial charge on any atom is -0.361 e. The molecule has 25 heavy (non-hydrogen) atoms. The lowest BCUT2D eigenvalue weighted by molar-refractivity contribution is 0.200. The van der Waals surface area contributed by atoms with E-state index in [4.69, 9.17) is 0 Å². The number of anilines is 1. The zero-order valence-corrected chi connectivity index (χ0v) is 15.6. The van der Waals surface area contributed by atoms with Crippen molar-refractivity contribution in [3.63, 3.8) is 0 Å². The second kappa shape index (κ2) is 6.64. The molecule has 0 saturated carbocycles. The first kappa shape index (κ1) is 16.3. The highest BCUT2D eigenvalue weighted by molar-refractivity contribution is 7.11. The van der Waals surface area contributed by atoms with Crippen LogP contribution in [0.3, 0.4) is 0 Å². The number of nitrogens with zero attached hydrogens (tertiary/aromatic N) is 8. The summed E-state index contributed by atoms with van der Waals surface area (Å²) in [5.74, 6) is 2.29. The SMILES string of the molecule is Cc1nnc(CN2CCC(c3nnc4ccc(N(C)C)nn34)CC2)s1. The van der Waals surface area contributed by atoms with E-state index in [1.54, 1.807) is 11.3 Å². The molecule has 0 bridgehead atoms. The Morgan fingerprint density at radius 1 is 1.12 bits per heavy atom. The van der Waals surface area contributed by atoms with Gasteiger partial charge in [0.1, 0.15) is 15.8 Å². The summed E-state index contributed by atoms with van der Waals surface area (Å²) < 4.78 is 1.91. The van der Waals surface area contributed by atoms with E-state index < -0.39 is 0 Å². The number of aromatic nitrogens is 6. The van der Waals surface area contributed by atoms with Crippen LogP contribution < -0.4 is 4.90 Å². The molecule has 4 heterocycles. The summed E-state index contributed by atoms with van der Waals surface area (Å²) in [5.41, 5.74) is 0.812. The molecule has 3 aromatic heterocycles. The van der Waals surface area contributed by atoms with Crippen molar-refractivity contribution in [3.05, 3.63) is 28.0 Å². The molecule has 4 rings (SSSR count). The molecule has 0 amide bonds. The van der Waals surface area contributed by atoms with Crippen LogP contribution >= 0.6 is 11.3 Å². The predicted octanol–water partition coefficient (Wildman–Crippen LogP) is 1.73. The fraction of sp³-hybridized carbons (Fsp3) is 0.562. The first-order valence-corrected chi connectivity index (χ1v) is 9.33. The first-order chi connectivity index (χ1) is 12.1. The van der Waals surface area contributed by atoms with Gasteiger partial charge in [-0.2, -0.15) is 4.52 Å². The van der Waals surface area contributed by atoms with Crippen molar-refractivity contribution in [1.82, 2.24) is 34.9 Å². The number of piperidine rings is 1. The topological polar surface area (TPSA) is 75.3 Å². The van der Waals surface area contributed by atoms with Crippen LogP contribution in [0.2, 0.25) is 0 Å². The highest BCUT2D eigenvalue weighted by Gasteiger charge is 2.25. The average Bonchev–Trinajstić information content (AvgIpc) is 3.21. The van der Waals surface area contributed by atoms with Crippen molar-refractivity contribution in [1.29, 1.82) is 0 Å². The molecule has 132 valence electrons. The summed E-state index contributed by atoms with van der Waals surface area (Å²) in [5, 5.41) is 23.9. The summed E-state index contributed by atoms with van der Waals surface area (Å²) in [4.78, 5) is 4.44. The normalized spacial score (nSPS) is 16.6. The van der Waals surface area contributed by atoms with E-state index in [9.17, 15) is 0 Å². The average molecular weight is 358 g/mol. The maximum absolute atomic E-state index is 4.69. The van der Waals surface area contributed by atoms with E-state index in [0.717, 1.165) is 59.8 Å². The molecule has 9 heteroatoms. The van der Waals surface area contributed by atoms with Crippen molar-refractivity contribution >= 4 is 22.8 Å². The Hall–Kier alpha value is -2.13. The number of fused-ring (bicyclic) bond motifs is 1. The lowest BCUT2D eigenvalue weighted by Gasteiger charge is -2.30. The maximum Gasteiger partial charge on any atom is 0.178 e. The molecule has 0 aliphatic carbocycles. The van der Waals surface area contributed by atoms with Crippen molar-refractivity contribution in [2.24, 2.45) is 0 Å². The Morgan fingerprint density at radius 3 is 2.60 bits per heavy atom. The highest BCUT2D eigenvalue weighted by atomic mass is 32.1. The molecule has 0 atom stereocenters. The van der Waals surface area contributed by atoms with Gasteiger partial charge in [0.05, 0.1) is 6.54 Å². The Kier molecular flexibility index (Phi) is 4.34. The van der Waals surface area contributed by atoms with Gasteiger partial charge in [-0.3, -0.25) is 4.90 Å². The smallest absolute Gasteiger partial charge is 0.178 e. The summed E-state index contributed by atoms with van der Waals surface area (Å²) in [6, 6.07) is 3.95. The molecule has 1 saturated heterocycles. The molecule has 0 N–H and O–H groups in total. The Labute approximate surface area is 150 Å². The van der Waals surface area contributed by atoms with Crippen molar-refractivity contribution < 1.29 is 0 Å². The molecular weight excluding hydrogens is 336 g/mol. The number of hydrogen-bond acceptors (Lipinski definition) is 8. The summed E-state index contributed by atoms with van der Waals surface area (Å²) in [6.07, 6.45) is 2.12. The molecule has 3 aromatic rings. The third-order valence-corrected chi connectivity index (χ3v) is 5.43. The zero-order chi connectivity index (χ0) is 17.4. The molecule has 8 nitrogen and oxygen atoms in total.